The number of esters is 1. The zero-order valence-electron chi connectivity index (χ0n) is 11.7. The van der Waals surface area contributed by atoms with Gasteiger partial charge in [0.25, 0.3) is 0 Å². The van der Waals surface area contributed by atoms with Crippen LogP contribution < -0.4 is 5.32 Å². The highest BCUT2D eigenvalue weighted by Crippen LogP contribution is 2.13. The molecule has 0 heterocycles. The Morgan fingerprint density at radius 1 is 1.26 bits per heavy atom. The van der Waals surface area contributed by atoms with Crippen LogP contribution in [-0.2, 0) is 23.9 Å². The van der Waals surface area contributed by atoms with Crippen LogP contribution in [0, 0.1) is 0 Å². The van der Waals surface area contributed by atoms with E-state index in [1.807, 2.05) is 0 Å². The average Bonchev–Trinajstić information content (AvgIpc) is 2.32. The van der Waals surface area contributed by atoms with E-state index in [2.05, 4.69) is 10.1 Å². The topological polar surface area (TPSA) is 102 Å². The lowest BCUT2D eigenvalue weighted by molar-refractivity contribution is -0.144. The number of carbonyl (C=O) groups is 3. The summed E-state index contributed by atoms with van der Waals surface area (Å²) in [5.41, 5.74) is -0.671. The third-order valence-electron chi connectivity index (χ3n) is 2.64. The number of carboxylic acid groups (broad SMARTS) is 1. The minimum Gasteiger partial charge on any atom is -0.480 e. The fraction of sp³-hybridized carbons (Fsp3) is 0.750. The maximum atomic E-state index is 11.7. The molecule has 0 saturated heterocycles. The van der Waals surface area contributed by atoms with E-state index >= 15 is 0 Å². The molecule has 1 atom stereocenters. The molecule has 0 radical (unpaired) electrons. The van der Waals surface area contributed by atoms with Crippen molar-refractivity contribution >= 4 is 17.8 Å². The van der Waals surface area contributed by atoms with Gasteiger partial charge in [-0.15, -0.1) is 0 Å². The molecule has 0 bridgehead atoms. The summed E-state index contributed by atoms with van der Waals surface area (Å²) in [6.45, 7) is 3.44. The summed E-state index contributed by atoms with van der Waals surface area (Å²) in [4.78, 5) is 33.6. The number of carbonyl (C=O) groups excluding carboxylic acids is 2. The van der Waals surface area contributed by atoms with Crippen molar-refractivity contribution in [3.63, 3.8) is 0 Å². The monoisotopic (exact) mass is 275 g/mol. The Bertz CT molecular complexity index is 339. The van der Waals surface area contributed by atoms with Crippen molar-refractivity contribution in [2.45, 2.75) is 44.8 Å². The Morgan fingerprint density at radius 3 is 2.26 bits per heavy atom. The summed E-state index contributed by atoms with van der Waals surface area (Å²) in [6, 6.07) is -1.11. The van der Waals surface area contributed by atoms with Gasteiger partial charge in [0.2, 0.25) is 5.91 Å². The smallest absolute Gasteiger partial charge is 0.326 e. The van der Waals surface area contributed by atoms with E-state index in [0.29, 0.717) is 0 Å². The summed E-state index contributed by atoms with van der Waals surface area (Å²) in [7, 11) is 2.69. The van der Waals surface area contributed by atoms with Gasteiger partial charge in [-0.2, -0.15) is 0 Å². The first-order chi connectivity index (χ1) is 8.71. The first-order valence-electron chi connectivity index (χ1n) is 5.86. The van der Waals surface area contributed by atoms with Crippen LogP contribution in [0.4, 0.5) is 0 Å². The molecule has 0 fully saturated rings. The highest BCUT2D eigenvalue weighted by atomic mass is 16.5. The van der Waals surface area contributed by atoms with Crippen molar-refractivity contribution in [3.8, 4) is 0 Å². The quantitative estimate of drug-likeness (QED) is 0.619. The molecule has 0 spiro atoms. The number of rotatable bonds is 8. The van der Waals surface area contributed by atoms with E-state index in [-0.39, 0.29) is 19.3 Å². The van der Waals surface area contributed by atoms with Gasteiger partial charge in [0, 0.05) is 13.5 Å². The van der Waals surface area contributed by atoms with Crippen LogP contribution in [0.5, 0.6) is 0 Å². The molecular weight excluding hydrogens is 254 g/mol. The second-order valence-corrected chi connectivity index (χ2v) is 4.71. The maximum absolute atomic E-state index is 11.7. The first-order valence-corrected chi connectivity index (χ1v) is 5.86. The molecule has 0 aliphatic heterocycles. The molecule has 0 aliphatic carbocycles. The van der Waals surface area contributed by atoms with E-state index in [9.17, 15) is 14.4 Å². The lowest BCUT2D eigenvalue weighted by Crippen LogP contribution is -2.43. The van der Waals surface area contributed by atoms with E-state index in [4.69, 9.17) is 9.84 Å². The zero-order chi connectivity index (χ0) is 15.1. The fourth-order valence-electron chi connectivity index (χ4n) is 1.33. The normalized spacial score (nSPS) is 12.6. The molecule has 0 rings (SSSR count). The van der Waals surface area contributed by atoms with Crippen molar-refractivity contribution in [2.24, 2.45) is 0 Å². The van der Waals surface area contributed by atoms with Gasteiger partial charge in [-0.05, 0) is 20.3 Å². The molecule has 0 aromatic rings. The number of carboxylic acids is 1. The summed E-state index contributed by atoms with van der Waals surface area (Å²) in [6.07, 6.45) is -0.0475. The second-order valence-electron chi connectivity index (χ2n) is 4.71. The van der Waals surface area contributed by atoms with Crippen LogP contribution in [0.3, 0.4) is 0 Å². The van der Waals surface area contributed by atoms with Crippen molar-refractivity contribution < 1.29 is 29.0 Å². The predicted octanol–water partition coefficient (Wildman–Crippen LogP) is 0.324. The third-order valence-corrected chi connectivity index (χ3v) is 2.64. The van der Waals surface area contributed by atoms with Gasteiger partial charge in [0.1, 0.15) is 6.04 Å². The number of ether oxygens (including phenoxy) is 2. The van der Waals surface area contributed by atoms with Crippen LogP contribution in [0.15, 0.2) is 0 Å². The lowest BCUT2D eigenvalue weighted by Gasteiger charge is -2.23. The molecule has 19 heavy (non-hydrogen) atoms. The van der Waals surface area contributed by atoms with E-state index in [1.165, 1.54) is 14.2 Å². The van der Waals surface area contributed by atoms with Crippen molar-refractivity contribution in [3.05, 3.63) is 0 Å². The van der Waals surface area contributed by atoms with Gasteiger partial charge in [-0.25, -0.2) is 4.79 Å². The maximum Gasteiger partial charge on any atom is 0.326 e. The van der Waals surface area contributed by atoms with Crippen molar-refractivity contribution in [1.29, 1.82) is 0 Å². The Kier molecular flexibility index (Phi) is 7.06. The Balaban J connectivity index is 4.39. The van der Waals surface area contributed by atoms with Gasteiger partial charge in [0.15, 0.2) is 0 Å². The highest BCUT2D eigenvalue weighted by molar-refractivity contribution is 5.84. The van der Waals surface area contributed by atoms with Crippen LogP contribution in [-0.4, -0.2) is 48.8 Å². The van der Waals surface area contributed by atoms with Crippen LogP contribution in [0.2, 0.25) is 0 Å². The van der Waals surface area contributed by atoms with E-state index < -0.39 is 29.5 Å². The summed E-state index contributed by atoms with van der Waals surface area (Å²) in [5.74, 6) is -2.14. The lowest BCUT2D eigenvalue weighted by atomic mass is 10.0. The molecule has 7 nitrogen and oxygen atoms in total. The second kappa shape index (κ2) is 7.73. The number of aliphatic carboxylic acids is 1. The summed E-state index contributed by atoms with van der Waals surface area (Å²) < 4.78 is 9.50. The number of hydrogen-bond acceptors (Lipinski definition) is 5. The predicted molar refractivity (Wildman–Crippen MR) is 66.5 cm³/mol. The minimum absolute atomic E-state index is 0.0127. The Morgan fingerprint density at radius 2 is 1.84 bits per heavy atom. The number of amides is 1. The van der Waals surface area contributed by atoms with Gasteiger partial charge in [0.05, 0.1) is 19.1 Å². The molecule has 0 saturated carbocycles. The Hall–Kier alpha value is -1.63. The average molecular weight is 275 g/mol. The van der Waals surface area contributed by atoms with Crippen molar-refractivity contribution in [1.82, 2.24) is 5.32 Å². The Labute approximate surface area is 112 Å². The fourth-order valence-corrected chi connectivity index (χ4v) is 1.33. The number of methoxy groups -OCH3 is 2. The van der Waals surface area contributed by atoms with E-state index in [0.717, 1.165) is 0 Å². The minimum atomic E-state index is -1.19. The molecule has 0 aromatic heterocycles. The van der Waals surface area contributed by atoms with Gasteiger partial charge >= 0.3 is 11.9 Å². The molecule has 0 aromatic carbocycles. The largest absolute Gasteiger partial charge is 0.480 e. The van der Waals surface area contributed by atoms with Crippen LogP contribution in [0.25, 0.3) is 0 Å². The molecule has 7 heteroatoms. The standard InChI is InChI=1S/C12H21NO6/c1-12(2,19-4)7-9(14)13-8(11(16)17)5-6-10(15)18-3/h8H,5-7H2,1-4H3,(H,13,14)(H,16,17)/t8-/m0/s1. The van der Waals surface area contributed by atoms with Gasteiger partial charge in [-0.1, -0.05) is 0 Å². The number of hydrogen-bond donors (Lipinski definition) is 2. The number of nitrogens with one attached hydrogen (secondary N) is 1. The molecule has 0 unspecified atom stereocenters. The van der Waals surface area contributed by atoms with Gasteiger partial charge < -0.3 is 19.9 Å². The molecular formula is C12H21NO6. The van der Waals surface area contributed by atoms with E-state index in [1.54, 1.807) is 13.8 Å². The van der Waals surface area contributed by atoms with Crippen molar-refractivity contribution in [2.75, 3.05) is 14.2 Å². The molecule has 2 N–H and O–H groups in total. The van der Waals surface area contributed by atoms with Gasteiger partial charge in [-0.3, -0.25) is 9.59 Å². The molecule has 0 aliphatic rings. The SMILES string of the molecule is COC(=O)CC[C@H](NC(=O)CC(C)(C)OC)C(=O)O. The highest BCUT2D eigenvalue weighted by Gasteiger charge is 2.26. The molecule has 110 valence electrons. The summed E-state index contributed by atoms with van der Waals surface area (Å²) in [5, 5.41) is 11.3. The summed E-state index contributed by atoms with van der Waals surface area (Å²) >= 11 is 0. The van der Waals surface area contributed by atoms with Crippen LogP contribution >= 0.6 is 0 Å². The molecule has 1 amide bonds. The zero-order valence-corrected chi connectivity index (χ0v) is 11.7. The van der Waals surface area contributed by atoms with Crippen LogP contribution in [0.1, 0.15) is 33.1 Å². The first kappa shape index (κ1) is 17.4. The third kappa shape index (κ3) is 7.40.